The first kappa shape index (κ1) is 23.4. The van der Waals surface area contributed by atoms with Crippen molar-refractivity contribution in [3.05, 3.63) is 53.6 Å². The smallest absolute Gasteiger partial charge is 0.132 e. The van der Waals surface area contributed by atoms with E-state index in [4.69, 9.17) is 18.9 Å². The van der Waals surface area contributed by atoms with Crippen LogP contribution in [0.15, 0.2) is 42.5 Å². The summed E-state index contributed by atoms with van der Waals surface area (Å²) in [6.07, 6.45) is 3.08. The van der Waals surface area contributed by atoms with Crippen LogP contribution in [0.1, 0.15) is 64.2 Å². The van der Waals surface area contributed by atoms with Gasteiger partial charge in [-0.05, 0) is 63.1 Å². The van der Waals surface area contributed by atoms with Gasteiger partial charge in [0.2, 0.25) is 0 Å². The third-order valence-corrected chi connectivity index (χ3v) is 5.70. The van der Waals surface area contributed by atoms with Crippen molar-refractivity contribution in [3.63, 3.8) is 0 Å². The molecule has 2 unspecified atom stereocenters. The van der Waals surface area contributed by atoms with Gasteiger partial charge in [-0.1, -0.05) is 31.9 Å². The molecule has 5 heteroatoms. The van der Waals surface area contributed by atoms with E-state index in [1.54, 1.807) is 7.11 Å². The van der Waals surface area contributed by atoms with Crippen LogP contribution in [0.4, 0.5) is 5.69 Å². The molecule has 0 bridgehead atoms. The molecule has 0 fully saturated rings. The van der Waals surface area contributed by atoms with Crippen LogP contribution in [0, 0.1) is 0 Å². The lowest BCUT2D eigenvalue weighted by atomic mass is 9.87. The SMILES string of the molecule is CCCCCOC1C(OCC)c2cc(NCc3ccc(OC)cc3)ccc2OC1(C)C. The van der Waals surface area contributed by atoms with Gasteiger partial charge in [-0.3, -0.25) is 0 Å². The lowest BCUT2D eigenvalue weighted by Crippen LogP contribution is -2.51. The van der Waals surface area contributed by atoms with Gasteiger partial charge in [0.25, 0.3) is 0 Å². The maximum absolute atomic E-state index is 6.36. The van der Waals surface area contributed by atoms with E-state index >= 15 is 0 Å². The van der Waals surface area contributed by atoms with Crippen LogP contribution in [-0.2, 0) is 16.0 Å². The zero-order valence-corrected chi connectivity index (χ0v) is 19.6. The van der Waals surface area contributed by atoms with Crippen molar-refractivity contribution in [2.75, 3.05) is 25.6 Å². The van der Waals surface area contributed by atoms with Crippen LogP contribution >= 0.6 is 0 Å². The summed E-state index contributed by atoms with van der Waals surface area (Å²) in [4.78, 5) is 0. The standard InChI is InChI=1S/C26H37NO4/c1-6-8-9-16-30-25-24(29-7-2)22-17-20(12-15-23(22)31-26(25,3)4)27-18-19-10-13-21(28-5)14-11-19/h10-15,17,24-25,27H,6-9,16,18H2,1-5H3. The molecule has 31 heavy (non-hydrogen) atoms. The summed E-state index contributed by atoms with van der Waals surface area (Å²) in [5.74, 6) is 1.73. The van der Waals surface area contributed by atoms with Crippen LogP contribution in [0.2, 0.25) is 0 Å². The van der Waals surface area contributed by atoms with E-state index < -0.39 is 5.60 Å². The van der Waals surface area contributed by atoms with Crippen LogP contribution in [0.5, 0.6) is 11.5 Å². The van der Waals surface area contributed by atoms with Crippen molar-refractivity contribution in [3.8, 4) is 11.5 Å². The average molecular weight is 428 g/mol. The number of nitrogens with one attached hydrogen (secondary N) is 1. The van der Waals surface area contributed by atoms with Gasteiger partial charge in [0.05, 0.1) is 7.11 Å². The van der Waals surface area contributed by atoms with Crippen molar-refractivity contribution in [2.45, 2.75) is 71.3 Å². The highest BCUT2D eigenvalue weighted by Crippen LogP contribution is 2.44. The van der Waals surface area contributed by atoms with Gasteiger partial charge in [-0.15, -0.1) is 0 Å². The fourth-order valence-electron chi connectivity index (χ4n) is 4.00. The molecule has 2 aromatic rings. The number of methoxy groups -OCH3 is 1. The molecule has 0 saturated heterocycles. The Kier molecular flexibility index (Phi) is 8.22. The molecular weight excluding hydrogens is 390 g/mol. The molecule has 170 valence electrons. The molecule has 3 rings (SSSR count). The minimum absolute atomic E-state index is 0.159. The first-order chi connectivity index (χ1) is 15.0. The second-order valence-corrected chi connectivity index (χ2v) is 8.53. The number of fused-ring (bicyclic) bond motifs is 1. The molecule has 1 heterocycles. The Labute approximate surface area is 187 Å². The molecule has 1 aliphatic rings. The zero-order valence-electron chi connectivity index (χ0n) is 19.6. The number of hydrogen-bond acceptors (Lipinski definition) is 5. The lowest BCUT2D eigenvalue weighted by Gasteiger charge is -2.44. The van der Waals surface area contributed by atoms with E-state index in [0.29, 0.717) is 6.61 Å². The van der Waals surface area contributed by atoms with E-state index in [9.17, 15) is 0 Å². The van der Waals surface area contributed by atoms with Crippen molar-refractivity contribution in [1.29, 1.82) is 0 Å². The summed E-state index contributed by atoms with van der Waals surface area (Å²) in [6.45, 7) is 10.5. The summed E-state index contributed by atoms with van der Waals surface area (Å²) < 4.78 is 24.1. The molecule has 5 nitrogen and oxygen atoms in total. The first-order valence-corrected chi connectivity index (χ1v) is 11.4. The Bertz CT molecular complexity index is 819. The molecule has 2 atom stereocenters. The second kappa shape index (κ2) is 10.9. The number of anilines is 1. The molecule has 0 aliphatic carbocycles. The molecule has 0 radical (unpaired) electrons. The highest BCUT2D eigenvalue weighted by atomic mass is 16.6. The molecule has 1 aliphatic heterocycles. The molecular formula is C26H37NO4. The lowest BCUT2D eigenvalue weighted by molar-refractivity contribution is -0.161. The monoisotopic (exact) mass is 427 g/mol. The van der Waals surface area contributed by atoms with Crippen LogP contribution < -0.4 is 14.8 Å². The van der Waals surface area contributed by atoms with Gasteiger partial charge in [0.15, 0.2) is 0 Å². The normalized spacial score (nSPS) is 19.4. The topological polar surface area (TPSA) is 49.0 Å². The number of hydrogen-bond donors (Lipinski definition) is 1. The fraction of sp³-hybridized carbons (Fsp3) is 0.538. The van der Waals surface area contributed by atoms with E-state index in [-0.39, 0.29) is 12.2 Å². The Morgan fingerprint density at radius 1 is 1.00 bits per heavy atom. The molecule has 0 amide bonds. The third-order valence-electron chi connectivity index (χ3n) is 5.70. The molecule has 2 aromatic carbocycles. The number of benzene rings is 2. The number of ether oxygens (including phenoxy) is 4. The van der Waals surface area contributed by atoms with Crippen molar-refractivity contribution in [1.82, 2.24) is 0 Å². The third kappa shape index (κ3) is 5.92. The van der Waals surface area contributed by atoms with Crippen LogP contribution in [0.25, 0.3) is 0 Å². The second-order valence-electron chi connectivity index (χ2n) is 8.53. The average Bonchev–Trinajstić information content (AvgIpc) is 2.77. The summed E-state index contributed by atoms with van der Waals surface area (Å²) in [7, 11) is 1.68. The maximum Gasteiger partial charge on any atom is 0.132 e. The van der Waals surface area contributed by atoms with Gasteiger partial charge in [-0.25, -0.2) is 0 Å². The highest BCUT2D eigenvalue weighted by Gasteiger charge is 2.45. The van der Waals surface area contributed by atoms with Crippen molar-refractivity contribution < 1.29 is 18.9 Å². The quantitative estimate of drug-likeness (QED) is 0.437. The molecule has 0 aromatic heterocycles. The predicted molar refractivity (Wildman–Crippen MR) is 125 cm³/mol. The first-order valence-electron chi connectivity index (χ1n) is 11.4. The van der Waals surface area contributed by atoms with Crippen LogP contribution in [0.3, 0.4) is 0 Å². The van der Waals surface area contributed by atoms with Crippen LogP contribution in [-0.4, -0.2) is 32.0 Å². The number of rotatable bonds is 11. The van der Waals surface area contributed by atoms with Gasteiger partial charge in [-0.2, -0.15) is 0 Å². The minimum Gasteiger partial charge on any atom is -0.497 e. The highest BCUT2D eigenvalue weighted by molar-refractivity contribution is 5.54. The van der Waals surface area contributed by atoms with Gasteiger partial charge < -0.3 is 24.3 Å². The minimum atomic E-state index is -0.461. The predicted octanol–water partition coefficient (Wildman–Crippen LogP) is 6.13. The Hall–Kier alpha value is -2.24. The maximum atomic E-state index is 6.36. The molecule has 0 saturated carbocycles. The summed E-state index contributed by atoms with van der Waals surface area (Å²) in [6, 6.07) is 14.3. The Morgan fingerprint density at radius 2 is 1.77 bits per heavy atom. The van der Waals surface area contributed by atoms with Gasteiger partial charge >= 0.3 is 0 Å². The summed E-state index contributed by atoms with van der Waals surface area (Å²) in [5, 5.41) is 3.51. The fourth-order valence-corrected chi connectivity index (χ4v) is 4.00. The van der Waals surface area contributed by atoms with E-state index in [0.717, 1.165) is 42.3 Å². The van der Waals surface area contributed by atoms with Gasteiger partial charge in [0, 0.05) is 31.0 Å². The van der Waals surface area contributed by atoms with Crippen molar-refractivity contribution >= 4 is 5.69 Å². The largest absolute Gasteiger partial charge is 0.497 e. The number of unbranched alkanes of at least 4 members (excludes halogenated alkanes) is 2. The molecule has 1 N–H and O–H groups in total. The van der Waals surface area contributed by atoms with Crippen molar-refractivity contribution in [2.24, 2.45) is 0 Å². The van der Waals surface area contributed by atoms with E-state index in [1.165, 1.54) is 18.4 Å². The van der Waals surface area contributed by atoms with E-state index in [2.05, 4.69) is 50.4 Å². The zero-order chi connectivity index (χ0) is 22.3. The summed E-state index contributed by atoms with van der Waals surface area (Å²) in [5.41, 5.74) is 2.81. The summed E-state index contributed by atoms with van der Waals surface area (Å²) >= 11 is 0. The van der Waals surface area contributed by atoms with E-state index in [1.807, 2.05) is 25.1 Å². The molecule has 0 spiro atoms. The Morgan fingerprint density at radius 3 is 2.45 bits per heavy atom. The van der Waals surface area contributed by atoms with Gasteiger partial charge in [0.1, 0.15) is 29.3 Å². The Balaban J connectivity index is 1.77.